The van der Waals surface area contributed by atoms with E-state index in [4.69, 9.17) is 0 Å². The highest BCUT2D eigenvalue weighted by atomic mass is 32.1. The van der Waals surface area contributed by atoms with Crippen LogP contribution in [0.15, 0.2) is 35.8 Å². The van der Waals surface area contributed by atoms with Crippen LogP contribution < -0.4 is 5.32 Å². The smallest absolute Gasteiger partial charge is 0.123 e. The summed E-state index contributed by atoms with van der Waals surface area (Å²) in [6.45, 7) is 5.57. The van der Waals surface area contributed by atoms with Gasteiger partial charge in [0.25, 0.3) is 0 Å². The molecule has 1 aromatic carbocycles. The Bertz CT molecular complexity index is 448. The van der Waals surface area contributed by atoms with Crippen LogP contribution in [0.4, 0.5) is 5.69 Å². The number of nitrogens with zero attached hydrogens (tertiary/aromatic N) is 1. The van der Waals surface area contributed by atoms with E-state index in [2.05, 4.69) is 48.4 Å². The molecule has 0 fully saturated rings. The van der Waals surface area contributed by atoms with Crippen molar-refractivity contribution < 1.29 is 0 Å². The Hall–Kier alpha value is -1.35. The standard InChI is InChI=1S/C15H20N2S/c1-3-4-12(2)11-17-14-7-5-13(6-8-14)15-16-9-10-18-15/h5-10,12,17H,3-4,11H2,1-2H3. The van der Waals surface area contributed by atoms with E-state index in [1.807, 2.05) is 11.6 Å². The van der Waals surface area contributed by atoms with E-state index in [1.165, 1.54) is 24.1 Å². The number of benzene rings is 1. The number of hydrogen-bond donors (Lipinski definition) is 1. The fourth-order valence-electron chi connectivity index (χ4n) is 1.98. The second-order valence-corrected chi connectivity index (χ2v) is 5.58. The molecule has 0 radical (unpaired) electrons. The minimum Gasteiger partial charge on any atom is -0.385 e. The number of aromatic nitrogens is 1. The van der Waals surface area contributed by atoms with Gasteiger partial charge in [0.1, 0.15) is 5.01 Å². The minimum absolute atomic E-state index is 0.730. The van der Waals surface area contributed by atoms with Crippen LogP contribution in [0.3, 0.4) is 0 Å². The lowest BCUT2D eigenvalue weighted by Crippen LogP contribution is -2.10. The summed E-state index contributed by atoms with van der Waals surface area (Å²) in [5.74, 6) is 0.730. The number of hydrogen-bond acceptors (Lipinski definition) is 3. The van der Waals surface area contributed by atoms with Crippen molar-refractivity contribution in [3.8, 4) is 10.6 Å². The molecule has 0 amide bonds. The van der Waals surface area contributed by atoms with E-state index in [0.29, 0.717) is 0 Å². The molecule has 0 saturated heterocycles. The lowest BCUT2D eigenvalue weighted by molar-refractivity contribution is 0.551. The van der Waals surface area contributed by atoms with Gasteiger partial charge >= 0.3 is 0 Å². The molecule has 1 N–H and O–H groups in total. The first-order chi connectivity index (χ1) is 8.79. The summed E-state index contributed by atoms with van der Waals surface area (Å²) in [6.07, 6.45) is 4.38. The number of rotatable bonds is 6. The fourth-order valence-corrected chi connectivity index (χ4v) is 2.63. The third kappa shape index (κ3) is 3.57. The summed E-state index contributed by atoms with van der Waals surface area (Å²) in [5, 5.41) is 6.58. The lowest BCUT2D eigenvalue weighted by Gasteiger charge is -2.12. The van der Waals surface area contributed by atoms with Gasteiger partial charge in [-0.15, -0.1) is 11.3 Å². The first-order valence-electron chi connectivity index (χ1n) is 6.53. The molecular formula is C15H20N2S. The average Bonchev–Trinajstić information content (AvgIpc) is 2.91. The van der Waals surface area contributed by atoms with Crippen molar-refractivity contribution in [3.63, 3.8) is 0 Å². The van der Waals surface area contributed by atoms with Gasteiger partial charge in [-0.3, -0.25) is 0 Å². The zero-order chi connectivity index (χ0) is 12.8. The molecule has 0 aliphatic heterocycles. The zero-order valence-corrected chi connectivity index (χ0v) is 11.8. The third-order valence-electron chi connectivity index (χ3n) is 3.00. The topological polar surface area (TPSA) is 24.9 Å². The van der Waals surface area contributed by atoms with Crippen LogP contribution in [0, 0.1) is 5.92 Å². The van der Waals surface area contributed by atoms with E-state index < -0.39 is 0 Å². The van der Waals surface area contributed by atoms with Gasteiger partial charge in [-0.05, 0) is 36.6 Å². The Morgan fingerprint density at radius 3 is 2.67 bits per heavy atom. The Labute approximate surface area is 113 Å². The van der Waals surface area contributed by atoms with E-state index in [0.717, 1.165) is 17.5 Å². The van der Waals surface area contributed by atoms with Crippen molar-refractivity contribution >= 4 is 17.0 Å². The van der Waals surface area contributed by atoms with Crippen molar-refractivity contribution in [2.24, 2.45) is 5.92 Å². The summed E-state index contributed by atoms with van der Waals surface area (Å²) in [7, 11) is 0. The molecular weight excluding hydrogens is 240 g/mol. The normalized spacial score (nSPS) is 12.3. The zero-order valence-electron chi connectivity index (χ0n) is 11.0. The molecule has 1 atom stereocenters. The molecule has 1 unspecified atom stereocenters. The summed E-state index contributed by atoms with van der Waals surface area (Å²) in [5.41, 5.74) is 2.38. The van der Waals surface area contributed by atoms with Crippen LogP contribution in [0.1, 0.15) is 26.7 Å². The SMILES string of the molecule is CCCC(C)CNc1ccc(-c2nccs2)cc1. The first kappa shape index (κ1) is 13.1. The van der Waals surface area contributed by atoms with Gasteiger partial charge in [0.05, 0.1) is 0 Å². The monoisotopic (exact) mass is 260 g/mol. The van der Waals surface area contributed by atoms with Gasteiger partial charge in [-0.25, -0.2) is 4.98 Å². The van der Waals surface area contributed by atoms with Crippen molar-refractivity contribution in [1.29, 1.82) is 0 Å². The fraction of sp³-hybridized carbons (Fsp3) is 0.400. The quantitative estimate of drug-likeness (QED) is 0.817. The Balaban J connectivity index is 1.92. The van der Waals surface area contributed by atoms with E-state index in [1.54, 1.807) is 11.3 Å². The Kier molecular flexibility index (Phi) is 4.76. The molecule has 1 aromatic heterocycles. The highest BCUT2D eigenvalue weighted by Gasteiger charge is 2.02. The van der Waals surface area contributed by atoms with Gasteiger partial charge in [0.15, 0.2) is 0 Å². The number of nitrogens with one attached hydrogen (secondary N) is 1. The highest BCUT2D eigenvalue weighted by Crippen LogP contribution is 2.23. The summed E-state index contributed by atoms with van der Waals surface area (Å²) < 4.78 is 0. The van der Waals surface area contributed by atoms with Crippen molar-refractivity contribution in [1.82, 2.24) is 4.98 Å². The predicted molar refractivity (Wildman–Crippen MR) is 80.1 cm³/mol. The predicted octanol–water partition coefficient (Wildman–Crippen LogP) is 4.66. The average molecular weight is 260 g/mol. The summed E-state index contributed by atoms with van der Waals surface area (Å²) in [6, 6.07) is 8.53. The van der Waals surface area contributed by atoms with Gasteiger partial charge in [-0.1, -0.05) is 20.3 Å². The molecule has 1 heterocycles. The summed E-state index contributed by atoms with van der Waals surface area (Å²) in [4.78, 5) is 4.31. The molecule has 2 nitrogen and oxygen atoms in total. The van der Waals surface area contributed by atoms with Crippen LogP contribution >= 0.6 is 11.3 Å². The first-order valence-corrected chi connectivity index (χ1v) is 7.41. The van der Waals surface area contributed by atoms with Crippen molar-refractivity contribution in [2.45, 2.75) is 26.7 Å². The maximum atomic E-state index is 4.31. The Morgan fingerprint density at radius 2 is 2.06 bits per heavy atom. The van der Waals surface area contributed by atoms with E-state index in [9.17, 15) is 0 Å². The molecule has 2 rings (SSSR count). The summed E-state index contributed by atoms with van der Waals surface area (Å²) >= 11 is 1.68. The maximum Gasteiger partial charge on any atom is 0.123 e. The molecule has 18 heavy (non-hydrogen) atoms. The van der Waals surface area contributed by atoms with Crippen molar-refractivity contribution in [3.05, 3.63) is 35.8 Å². The number of anilines is 1. The van der Waals surface area contributed by atoms with Crippen LogP contribution in [0.2, 0.25) is 0 Å². The van der Waals surface area contributed by atoms with Gasteiger partial charge in [0, 0.05) is 29.4 Å². The largest absolute Gasteiger partial charge is 0.385 e. The molecule has 0 aliphatic rings. The highest BCUT2D eigenvalue weighted by molar-refractivity contribution is 7.13. The van der Waals surface area contributed by atoms with Gasteiger partial charge in [0.2, 0.25) is 0 Å². The van der Waals surface area contributed by atoms with Crippen molar-refractivity contribution in [2.75, 3.05) is 11.9 Å². The second kappa shape index (κ2) is 6.55. The molecule has 0 aliphatic carbocycles. The van der Waals surface area contributed by atoms with Crippen LogP contribution in [0.5, 0.6) is 0 Å². The molecule has 2 aromatic rings. The van der Waals surface area contributed by atoms with Crippen LogP contribution in [-0.4, -0.2) is 11.5 Å². The maximum absolute atomic E-state index is 4.31. The van der Waals surface area contributed by atoms with Gasteiger partial charge < -0.3 is 5.32 Å². The lowest BCUT2D eigenvalue weighted by atomic mass is 10.1. The third-order valence-corrected chi connectivity index (χ3v) is 3.82. The molecule has 0 bridgehead atoms. The molecule has 0 spiro atoms. The molecule has 96 valence electrons. The second-order valence-electron chi connectivity index (χ2n) is 4.69. The van der Waals surface area contributed by atoms with Crippen LogP contribution in [0.25, 0.3) is 10.6 Å². The van der Waals surface area contributed by atoms with E-state index >= 15 is 0 Å². The molecule has 3 heteroatoms. The molecule has 0 saturated carbocycles. The van der Waals surface area contributed by atoms with Crippen LogP contribution in [-0.2, 0) is 0 Å². The van der Waals surface area contributed by atoms with E-state index in [-0.39, 0.29) is 0 Å². The minimum atomic E-state index is 0.730. The number of thiazole rings is 1. The Morgan fingerprint density at radius 1 is 1.28 bits per heavy atom. The van der Waals surface area contributed by atoms with Gasteiger partial charge in [-0.2, -0.15) is 0 Å².